The molecule has 6 nitrogen and oxygen atoms in total. The first kappa shape index (κ1) is 15.0. The van der Waals surface area contributed by atoms with Crippen molar-refractivity contribution in [2.45, 2.75) is 24.6 Å². The summed E-state index contributed by atoms with van der Waals surface area (Å²) in [6.07, 6.45) is -5.25. The monoisotopic (exact) mass is 308 g/mol. The third kappa shape index (κ3) is 2.60. The number of nitrogens with one attached hydrogen (secondary N) is 1. The van der Waals surface area contributed by atoms with Crippen LogP contribution in [0.2, 0.25) is 0 Å². The second-order valence-electron chi connectivity index (χ2n) is 4.62. The van der Waals surface area contributed by atoms with Gasteiger partial charge in [0.2, 0.25) is 0 Å². The molecule has 0 aromatic heterocycles. The number of carboxylic acid groups (broad SMARTS) is 1. The third-order valence-electron chi connectivity index (χ3n) is 3.18. The quantitative estimate of drug-likeness (QED) is 0.507. The summed E-state index contributed by atoms with van der Waals surface area (Å²) >= 11 is 0. The molecule has 0 saturated heterocycles. The number of nitrogens with zero attached hydrogens (tertiary/aromatic N) is 1. The molecule has 0 amide bonds. The number of hydrogen-bond donors (Lipinski definition) is 2. The summed E-state index contributed by atoms with van der Waals surface area (Å²) in [7, 11) is 0. The zero-order chi connectivity index (χ0) is 16.0. The van der Waals surface area contributed by atoms with Crippen LogP contribution in [-0.4, -0.2) is 27.7 Å². The summed E-state index contributed by atoms with van der Waals surface area (Å²) in [5.41, 5.74) is -4.89. The molecule has 0 atom stereocenters. The summed E-state index contributed by atoms with van der Waals surface area (Å²) in [5, 5.41) is 21.5. The predicted octanol–water partition coefficient (Wildman–Crippen LogP) is 2.94. The van der Waals surface area contributed by atoms with Crippen LogP contribution in [0.1, 0.15) is 23.2 Å². The Morgan fingerprint density at radius 3 is 2.33 bits per heavy atom. The van der Waals surface area contributed by atoms with E-state index in [1.54, 1.807) is 0 Å². The highest BCUT2D eigenvalue weighted by molar-refractivity contribution is 5.90. The average Bonchev–Trinajstić information content (AvgIpc) is 3.10. The fourth-order valence-electron chi connectivity index (χ4n) is 1.84. The second kappa shape index (κ2) is 4.57. The number of halogens is 4. The predicted molar refractivity (Wildman–Crippen MR) is 61.7 cm³/mol. The molecule has 1 saturated carbocycles. The Balaban J connectivity index is 2.49. The summed E-state index contributed by atoms with van der Waals surface area (Å²) in [5.74, 6) is -3.13. The third-order valence-corrected chi connectivity index (χ3v) is 3.18. The van der Waals surface area contributed by atoms with Crippen molar-refractivity contribution in [3.8, 4) is 0 Å². The van der Waals surface area contributed by atoms with Crippen molar-refractivity contribution in [2.75, 3.05) is 5.32 Å². The van der Waals surface area contributed by atoms with E-state index >= 15 is 0 Å². The van der Waals surface area contributed by atoms with E-state index in [1.165, 1.54) is 0 Å². The molecule has 1 aliphatic rings. The van der Waals surface area contributed by atoms with E-state index in [0.717, 1.165) is 0 Å². The number of alkyl halides is 3. The summed E-state index contributed by atoms with van der Waals surface area (Å²) in [6, 6.07) is 0.792. The van der Waals surface area contributed by atoms with Gasteiger partial charge in [-0.3, -0.25) is 10.1 Å². The van der Waals surface area contributed by atoms with Crippen LogP contribution < -0.4 is 5.32 Å². The van der Waals surface area contributed by atoms with E-state index < -0.39 is 45.4 Å². The van der Waals surface area contributed by atoms with Gasteiger partial charge >= 0.3 is 12.1 Å². The fourth-order valence-corrected chi connectivity index (χ4v) is 1.84. The maximum Gasteiger partial charge on any atom is 0.411 e. The van der Waals surface area contributed by atoms with Gasteiger partial charge in [0, 0.05) is 0 Å². The van der Waals surface area contributed by atoms with Crippen molar-refractivity contribution in [3.63, 3.8) is 0 Å². The summed E-state index contributed by atoms with van der Waals surface area (Å²) in [6.45, 7) is 0. The van der Waals surface area contributed by atoms with Crippen molar-refractivity contribution >= 4 is 17.3 Å². The molecule has 2 rings (SSSR count). The minimum absolute atomic E-state index is 0.290. The largest absolute Gasteiger partial charge is 0.478 e. The van der Waals surface area contributed by atoms with Crippen molar-refractivity contribution in [1.29, 1.82) is 0 Å². The standard InChI is InChI=1S/C11H8F4N2O4/c12-6-4-8(17(20)21)7(3-5(6)9(18)19)16-10(1-2-10)11(13,14)15/h3-4,16H,1-2H2,(H,18,19). The molecular formula is C11H8F4N2O4. The molecule has 0 bridgehead atoms. The summed E-state index contributed by atoms with van der Waals surface area (Å²) in [4.78, 5) is 20.5. The molecule has 0 spiro atoms. The normalized spacial score (nSPS) is 16.4. The Kier molecular flexibility index (Phi) is 3.27. The van der Waals surface area contributed by atoms with Gasteiger partial charge < -0.3 is 10.4 Å². The number of carbonyl (C=O) groups is 1. The number of nitro benzene ring substituents is 1. The van der Waals surface area contributed by atoms with E-state index in [2.05, 4.69) is 0 Å². The molecule has 10 heteroatoms. The first-order valence-corrected chi connectivity index (χ1v) is 5.63. The average molecular weight is 308 g/mol. The van der Waals surface area contributed by atoms with E-state index in [1.807, 2.05) is 5.32 Å². The smallest absolute Gasteiger partial charge is 0.411 e. The van der Waals surface area contributed by atoms with Crippen LogP contribution in [0, 0.1) is 15.9 Å². The first-order chi connectivity index (χ1) is 9.57. The Morgan fingerprint density at radius 2 is 1.95 bits per heavy atom. The lowest BCUT2D eigenvalue weighted by Gasteiger charge is -2.22. The topological polar surface area (TPSA) is 92.5 Å². The highest BCUT2D eigenvalue weighted by Crippen LogP contribution is 2.52. The van der Waals surface area contributed by atoms with E-state index in [4.69, 9.17) is 5.11 Å². The van der Waals surface area contributed by atoms with Gasteiger partial charge in [-0.25, -0.2) is 9.18 Å². The van der Waals surface area contributed by atoms with E-state index in [-0.39, 0.29) is 18.9 Å². The molecule has 0 unspecified atom stereocenters. The number of anilines is 1. The van der Waals surface area contributed by atoms with Gasteiger partial charge in [0.05, 0.1) is 16.6 Å². The zero-order valence-corrected chi connectivity index (χ0v) is 10.2. The van der Waals surface area contributed by atoms with Crippen LogP contribution in [0.4, 0.5) is 28.9 Å². The maximum atomic E-state index is 13.4. The minimum Gasteiger partial charge on any atom is -0.478 e. The van der Waals surface area contributed by atoms with Crippen LogP contribution in [0.15, 0.2) is 12.1 Å². The van der Waals surface area contributed by atoms with Crippen molar-refractivity contribution in [2.24, 2.45) is 0 Å². The highest BCUT2D eigenvalue weighted by atomic mass is 19.4. The summed E-state index contributed by atoms with van der Waals surface area (Å²) < 4.78 is 51.9. The van der Waals surface area contributed by atoms with Crippen LogP contribution in [0.3, 0.4) is 0 Å². The van der Waals surface area contributed by atoms with Gasteiger partial charge in [-0.15, -0.1) is 0 Å². The van der Waals surface area contributed by atoms with Crippen LogP contribution >= 0.6 is 0 Å². The number of benzene rings is 1. The van der Waals surface area contributed by atoms with E-state index in [0.29, 0.717) is 6.07 Å². The molecule has 0 heterocycles. The van der Waals surface area contributed by atoms with E-state index in [9.17, 15) is 32.5 Å². The Morgan fingerprint density at radius 1 is 1.38 bits per heavy atom. The Bertz CT molecular complexity index is 625. The number of hydrogen-bond acceptors (Lipinski definition) is 4. The SMILES string of the molecule is O=C(O)c1cc(NC2(C(F)(F)F)CC2)c([N+](=O)[O-])cc1F. The molecule has 1 aromatic rings. The number of carboxylic acids is 1. The van der Waals surface area contributed by atoms with Gasteiger partial charge in [-0.05, 0) is 18.9 Å². The van der Waals surface area contributed by atoms with Crippen molar-refractivity contribution in [1.82, 2.24) is 0 Å². The molecular weight excluding hydrogens is 300 g/mol. The zero-order valence-electron chi connectivity index (χ0n) is 10.2. The van der Waals surface area contributed by atoms with Gasteiger partial charge in [0.15, 0.2) is 0 Å². The Labute approximate surface area is 114 Å². The van der Waals surface area contributed by atoms with Crippen LogP contribution in [0.5, 0.6) is 0 Å². The lowest BCUT2D eigenvalue weighted by atomic mass is 10.1. The fraction of sp³-hybridized carbons (Fsp3) is 0.364. The van der Waals surface area contributed by atoms with Crippen LogP contribution in [-0.2, 0) is 0 Å². The lowest BCUT2D eigenvalue weighted by molar-refractivity contribution is -0.384. The molecule has 1 fully saturated rings. The van der Waals surface area contributed by atoms with Gasteiger partial charge in [-0.2, -0.15) is 13.2 Å². The van der Waals surface area contributed by atoms with Gasteiger partial charge in [0.1, 0.15) is 17.0 Å². The van der Waals surface area contributed by atoms with Crippen LogP contribution in [0.25, 0.3) is 0 Å². The molecule has 1 aromatic carbocycles. The molecule has 0 aliphatic heterocycles. The molecule has 2 N–H and O–H groups in total. The first-order valence-electron chi connectivity index (χ1n) is 5.63. The number of nitro groups is 1. The molecule has 1 aliphatic carbocycles. The number of aromatic carboxylic acids is 1. The Hall–Kier alpha value is -2.39. The van der Waals surface area contributed by atoms with Gasteiger partial charge in [-0.1, -0.05) is 0 Å². The number of rotatable bonds is 4. The lowest BCUT2D eigenvalue weighted by Crippen LogP contribution is -2.38. The molecule has 0 radical (unpaired) electrons. The molecule has 21 heavy (non-hydrogen) atoms. The highest BCUT2D eigenvalue weighted by Gasteiger charge is 2.64. The van der Waals surface area contributed by atoms with Crippen molar-refractivity contribution < 1.29 is 32.4 Å². The van der Waals surface area contributed by atoms with Crippen molar-refractivity contribution in [3.05, 3.63) is 33.6 Å². The molecule has 114 valence electrons. The minimum atomic E-state index is -4.65. The second-order valence-corrected chi connectivity index (χ2v) is 4.62. The maximum absolute atomic E-state index is 13.4. The van der Waals surface area contributed by atoms with Gasteiger partial charge in [0.25, 0.3) is 5.69 Å².